The van der Waals surface area contributed by atoms with Crippen molar-refractivity contribution in [1.29, 1.82) is 0 Å². The number of rotatable bonds is 87. The van der Waals surface area contributed by atoms with Crippen LogP contribution in [-0.2, 0) is 65.4 Å². The molecule has 0 aromatic rings. The first kappa shape index (κ1) is 106. The molecule has 0 saturated carbocycles. The van der Waals surface area contributed by atoms with Crippen LogP contribution < -0.4 is 0 Å². The van der Waals surface area contributed by atoms with Gasteiger partial charge < -0.3 is 33.8 Å². The first-order chi connectivity index (χ1) is 52.3. The van der Waals surface area contributed by atoms with Crippen molar-refractivity contribution < 1.29 is 80.2 Å². The number of phosphoric ester groups is 2. The molecule has 0 fully saturated rings. The fourth-order valence-corrected chi connectivity index (χ4v) is 15.4. The van der Waals surface area contributed by atoms with Crippen molar-refractivity contribution in [2.24, 2.45) is 17.8 Å². The first-order valence-electron chi connectivity index (χ1n) is 45.9. The average molecular weight is 1580 g/mol. The lowest BCUT2D eigenvalue weighted by Crippen LogP contribution is -2.30. The van der Waals surface area contributed by atoms with Crippen molar-refractivity contribution in [2.75, 3.05) is 39.6 Å². The molecule has 19 heteroatoms. The molecule has 0 aliphatic rings. The van der Waals surface area contributed by atoms with Gasteiger partial charge in [-0.2, -0.15) is 0 Å². The van der Waals surface area contributed by atoms with Crippen LogP contribution in [0, 0.1) is 17.8 Å². The highest BCUT2D eigenvalue weighted by Crippen LogP contribution is 2.45. The van der Waals surface area contributed by atoms with Gasteiger partial charge in [0.05, 0.1) is 26.4 Å². The third kappa shape index (κ3) is 79.3. The normalized spacial score (nSPS) is 14.3. The van der Waals surface area contributed by atoms with Crippen LogP contribution in [0.3, 0.4) is 0 Å². The second-order valence-corrected chi connectivity index (χ2v) is 35.9. The van der Waals surface area contributed by atoms with Gasteiger partial charge in [0.2, 0.25) is 0 Å². The summed E-state index contributed by atoms with van der Waals surface area (Å²) in [6.07, 6.45) is 70.7. The summed E-state index contributed by atoms with van der Waals surface area (Å²) < 4.78 is 69.0. The Hall–Kier alpha value is -1.94. The van der Waals surface area contributed by atoms with E-state index in [0.717, 1.165) is 108 Å². The predicted octanol–water partition coefficient (Wildman–Crippen LogP) is 27.3. The Morgan fingerprint density at radius 1 is 0.269 bits per heavy atom. The summed E-state index contributed by atoms with van der Waals surface area (Å²) in [5.41, 5.74) is 0. The van der Waals surface area contributed by atoms with E-state index in [1.807, 2.05) is 0 Å². The number of aliphatic hydroxyl groups is 1. The number of hydrogen-bond donors (Lipinski definition) is 3. The highest BCUT2D eigenvalue weighted by Gasteiger charge is 2.31. The van der Waals surface area contributed by atoms with E-state index in [1.165, 1.54) is 283 Å². The zero-order valence-electron chi connectivity index (χ0n) is 71.3. The van der Waals surface area contributed by atoms with Gasteiger partial charge in [-0.15, -0.1) is 0 Å². The van der Waals surface area contributed by atoms with Crippen LogP contribution >= 0.6 is 15.6 Å². The Bertz CT molecular complexity index is 2080. The zero-order chi connectivity index (χ0) is 79.3. The summed E-state index contributed by atoms with van der Waals surface area (Å²) in [6, 6.07) is 0. The van der Waals surface area contributed by atoms with Crippen molar-refractivity contribution in [2.45, 2.75) is 491 Å². The average Bonchev–Trinajstić information content (AvgIpc) is 0.898. The Morgan fingerprint density at radius 2 is 0.472 bits per heavy atom. The van der Waals surface area contributed by atoms with E-state index < -0.39 is 97.5 Å². The van der Waals surface area contributed by atoms with E-state index in [0.29, 0.717) is 25.7 Å². The number of ether oxygens (including phenoxy) is 4. The van der Waals surface area contributed by atoms with Crippen molar-refractivity contribution >= 4 is 39.5 Å². The zero-order valence-corrected chi connectivity index (χ0v) is 73.1. The molecule has 0 aromatic heterocycles. The lowest BCUT2D eigenvalue weighted by atomic mass is 9.99. The second-order valence-electron chi connectivity index (χ2n) is 32.9. The van der Waals surface area contributed by atoms with Crippen LogP contribution in [0.15, 0.2) is 0 Å². The summed E-state index contributed by atoms with van der Waals surface area (Å²) in [7, 11) is -9.94. The number of phosphoric acid groups is 2. The van der Waals surface area contributed by atoms with E-state index in [1.54, 1.807) is 0 Å². The third-order valence-electron chi connectivity index (χ3n) is 21.6. The third-order valence-corrected chi connectivity index (χ3v) is 23.5. The lowest BCUT2D eigenvalue weighted by Gasteiger charge is -2.21. The molecule has 0 amide bonds. The molecule has 4 unspecified atom stereocenters. The Labute approximate surface area is 664 Å². The van der Waals surface area contributed by atoms with Gasteiger partial charge in [0.15, 0.2) is 12.2 Å². The Balaban J connectivity index is 5.26. The maximum atomic E-state index is 13.2. The standard InChI is InChI=1S/C89H174O17P2/c1-8-11-12-13-14-15-16-17-18-19-20-21-22-23-24-32-37-42-51-58-65-72-88(93)105-84(76-99-86(91)70-63-56-49-41-36-31-28-26-30-35-40-47-54-61-68-81(6)9-2)78-103-107(95,96)101-74-83(90)75-102-108(97,98)104-79-85(77-100-87(92)71-64-57-50-45-44-48-55-62-69-82(7)10-3)106-89(94)73-66-59-52-43-38-33-27-25-29-34-39-46-53-60-67-80(4)5/h80-85,90H,8-79H2,1-7H3,(H,95,96)(H,97,98)/t81?,82?,83-,84-,85-/m1/s1. The smallest absolute Gasteiger partial charge is 0.462 e. The summed E-state index contributed by atoms with van der Waals surface area (Å²) in [4.78, 5) is 73.4. The number of esters is 4. The fourth-order valence-electron chi connectivity index (χ4n) is 13.8. The topological polar surface area (TPSA) is 237 Å². The molecule has 3 N–H and O–H groups in total. The predicted molar refractivity (Wildman–Crippen MR) is 446 cm³/mol. The molecule has 7 atom stereocenters. The highest BCUT2D eigenvalue weighted by atomic mass is 31.2. The van der Waals surface area contributed by atoms with Crippen LogP contribution in [-0.4, -0.2) is 96.7 Å². The van der Waals surface area contributed by atoms with Crippen molar-refractivity contribution in [1.82, 2.24) is 0 Å². The minimum atomic E-state index is -4.97. The molecule has 0 radical (unpaired) electrons. The quantitative estimate of drug-likeness (QED) is 0.0222. The van der Waals surface area contributed by atoms with E-state index in [9.17, 15) is 43.2 Å². The SMILES string of the molecule is CCCCCCCCCCCCCCCCCCCCCCCC(=O)O[C@H](COC(=O)CCCCCCCCCCCCCCCCC(C)CC)COP(=O)(O)OC[C@@H](O)COP(=O)(O)OC[C@@H](COC(=O)CCCCCCCCCCC(C)CC)OC(=O)CCCCCCCCCCCCCCCCC(C)C. The minimum absolute atomic E-state index is 0.107. The molecule has 0 saturated heterocycles. The van der Waals surface area contributed by atoms with Crippen LogP contribution in [0.2, 0.25) is 0 Å². The van der Waals surface area contributed by atoms with Gasteiger partial charge in [0.25, 0.3) is 0 Å². The van der Waals surface area contributed by atoms with Crippen LogP contribution in [0.5, 0.6) is 0 Å². The van der Waals surface area contributed by atoms with Gasteiger partial charge in [0, 0.05) is 25.7 Å². The van der Waals surface area contributed by atoms with Gasteiger partial charge in [-0.05, 0) is 43.4 Å². The minimum Gasteiger partial charge on any atom is -0.462 e. The summed E-state index contributed by atoms with van der Waals surface area (Å²) >= 11 is 0. The molecule has 0 heterocycles. The van der Waals surface area contributed by atoms with Crippen molar-refractivity contribution in [3.63, 3.8) is 0 Å². The van der Waals surface area contributed by atoms with E-state index >= 15 is 0 Å². The van der Waals surface area contributed by atoms with Gasteiger partial charge in [-0.25, -0.2) is 9.13 Å². The maximum absolute atomic E-state index is 13.2. The van der Waals surface area contributed by atoms with Gasteiger partial charge in [0.1, 0.15) is 19.3 Å². The molecule has 0 aliphatic heterocycles. The van der Waals surface area contributed by atoms with Crippen LogP contribution in [0.1, 0.15) is 472 Å². The molecule has 0 aromatic carbocycles. The van der Waals surface area contributed by atoms with Gasteiger partial charge in [-0.3, -0.25) is 37.3 Å². The summed E-state index contributed by atoms with van der Waals surface area (Å²) in [5, 5.41) is 10.7. The molecule has 108 heavy (non-hydrogen) atoms. The monoisotopic (exact) mass is 1580 g/mol. The van der Waals surface area contributed by atoms with E-state index in [2.05, 4.69) is 48.5 Å². The molecule has 17 nitrogen and oxygen atoms in total. The number of carbonyl (C=O) groups is 4. The first-order valence-corrected chi connectivity index (χ1v) is 48.9. The molecular formula is C89H174O17P2. The van der Waals surface area contributed by atoms with Gasteiger partial charge in [-0.1, -0.05) is 421 Å². The summed E-state index contributed by atoms with van der Waals surface area (Å²) in [6.45, 7) is 12.1. The number of aliphatic hydroxyl groups excluding tert-OH is 1. The molecule has 0 spiro atoms. The lowest BCUT2D eigenvalue weighted by molar-refractivity contribution is -0.161. The molecule has 0 bridgehead atoms. The molecule has 0 rings (SSSR count). The molecular weight excluding hydrogens is 1400 g/mol. The maximum Gasteiger partial charge on any atom is 0.472 e. The number of hydrogen-bond acceptors (Lipinski definition) is 15. The molecule has 0 aliphatic carbocycles. The van der Waals surface area contributed by atoms with E-state index in [4.69, 9.17) is 37.0 Å². The van der Waals surface area contributed by atoms with Crippen molar-refractivity contribution in [3.05, 3.63) is 0 Å². The summed E-state index contributed by atoms with van der Waals surface area (Å²) in [5.74, 6) is 0.321. The van der Waals surface area contributed by atoms with E-state index in [-0.39, 0.29) is 25.7 Å². The fraction of sp³-hybridized carbons (Fsp3) is 0.955. The van der Waals surface area contributed by atoms with Crippen molar-refractivity contribution in [3.8, 4) is 0 Å². The Morgan fingerprint density at radius 3 is 0.704 bits per heavy atom. The second kappa shape index (κ2) is 78.9. The van der Waals surface area contributed by atoms with Crippen LogP contribution in [0.4, 0.5) is 0 Å². The largest absolute Gasteiger partial charge is 0.472 e. The number of carbonyl (C=O) groups excluding carboxylic acids is 4. The number of unbranched alkanes of at least 4 members (excludes halogenated alkanes) is 53. The molecule has 642 valence electrons. The van der Waals surface area contributed by atoms with Crippen LogP contribution in [0.25, 0.3) is 0 Å². The van der Waals surface area contributed by atoms with Gasteiger partial charge >= 0.3 is 39.5 Å². The highest BCUT2D eigenvalue weighted by molar-refractivity contribution is 7.47. The Kier molecular flexibility index (Phi) is 77.5.